The van der Waals surface area contributed by atoms with Gasteiger partial charge in [-0.15, -0.1) is 0 Å². The third-order valence-corrected chi connectivity index (χ3v) is 4.01. The van der Waals surface area contributed by atoms with E-state index in [4.69, 9.17) is 0 Å². The quantitative estimate of drug-likeness (QED) is 0.512. The van der Waals surface area contributed by atoms with Crippen molar-refractivity contribution < 1.29 is 14.4 Å². The molecule has 110 valence electrons. The zero-order chi connectivity index (χ0) is 16.0. The smallest absolute Gasteiger partial charge is 0.283 e. The Hall–Kier alpha value is -3.27. The molecule has 0 spiro atoms. The van der Waals surface area contributed by atoms with E-state index in [1.807, 2.05) is 30.3 Å². The number of ketones is 1. The number of rotatable bonds is 1. The van der Waals surface area contributed by atoms with Crippen LogP contribution in [0.2, 0.25) is 0 Å². The molecule has 4 rings (SSSR count). The highest BCUT2D eigenvalue weighted by Crippen LogP contribution is 2.31. The van der Waals surface area contributed by atoms with Gasteiger partial charge < -0.3 is 0 Å². The van der Waals surface area contributed by atoms with Crippen LogP contribution in [0.3, 0.4) is 0 Å². The van der Waals surface area contributed by atoms with Crippen molar-refractivity contribution in [1.29, 1.82) is 0 Å². The zero-order valence-electron chi connectivity index (χ0n) is 12.0. The predicted octanol–water partition coefficient (Wildman–Crippen LogP) is 3.21. The minimum absolute atomic E-state index is 0.166. The van der Waals surface area contributed by atoms with Crippen molar-refractivity contribution in [2.45, 2.75) is 0 Å². The lowest BCUT2D eigenvalue weighted by Crippen LogP contribution is -2.46. The number of anilines is 1. The molecule has 23 heavy (non-hydrogen) atoms. The van der Waals surface area contributed by atoms with Crippen molar-refractivity contribution in [3.05, 3.63) is 77.9 Å². The minimum Gasteiger partial charge on any atom is -0.283 e. The molecular weight excluding hydrogens is 290 g/mol. The number of carbonyl (C=O) groups excluding carboxylic acids is 3. The highest BCUT2D eigenvalue weighted by Gasteiger charge is 2.38. The molecule has 1 aliphatic heterocycles. The van der Waals surface area contributed by atoms with Crippen molar-refractivity contribution in [3.63, 3.8) is 0 Å². The first kappa shape index (κ1) is 13.4. The summed E-state index contributed by atoms with van der Waals surface area (Å²) in [4.78, 5) is 38.6. The Kier molecular flexibility index (Phi) is 2.84. The average molecular weight is 301 g/mol. The highest BCUT2D eigenvalue weighted by molar-refractivity contribution is 6.56. The summed E-state index contributed by atoms with van der Waals surface area (Å²) >= 11 is 0. The van der Waals surface area contributed by atoms with E-state index >= 15 is 0 Å². The summed E-state index contributed by atoms with van der Waals surface area (Å²) in [6.45, 7) is 0. The van der Waals surface area contributed by atoms with Gasteiger partial charge in [-0.25, -0.2) is 4.90 Å². The molecule has 4 heteroatoms. The van der Waals surface area contributed by atoms with Gasteiger partial charge in [-0.3, -0.25) is 14.4 Å². The first-order valence-electron chi connectivity index (χ1n) is 7.18. The number of amides is 2. The summed E-state index contributed by atoms with van der Waals surface area (Å²) in [7, 11) is 0. The number of Topliss-reactive ketones (excluding diaryl/α,β-unsaturated/α-hetero) is 1. The van der Waals surface area contributed by atoms with E-state index in [2.05, 4.69) is 0 Å². The van der Waals surface area contributed by atoms with Crippen LogP contribution in [0, 0.1) is 0 Å². The van der Waals surface area contributed by atoms with E-state index in [0.717, 1.165) is 15.7 Å². The number of nitrogens with zero attached hydrogens (tertiary/aromatic N) is 1. The van der Waals surface area contributed by atoms with Gasteiger partial charge in [0.1, 0.15) is 0 Å². The van der Waals surface area contributed by atoms with Crippen molar-refractivity contribution in [2.24, 2.45) is 0 Å². The molecule has 3 aromatic carbocycles. The van der Waals surface area contributed by atoms with Crippen LogP contribution in [0.15, 0.2) is 66.7 Å². The van der Waals surface area contributed by atoms with Crippen LogP contribution < -0.4 is 4.90 Å². The van der Waals surface area contributed by atoms with Gasteiger partial charge in [-0.1, -0.05) is 54.6 Å². The van der Waals surface area contributed by atoms with Gasteiger partial charge >= 0.3 is 5.91 Å². The van der Waals surface area contributed by atoms with Crippen LogP contribution in [-0.2, 0) is 4.79 Å². The second kappa shape index (κ2) is 4.88. The van der Waals surface area contributed by atoms with Crippen molar-refractivity contribution in [2.75, 3.05) is 4.90 Å². The summed E-state index contributed by atoms with van der Waals surface area (Å²) in [6, 6.07) is 19.2. The first-order chi connectivity index (χ1) is 11.2. The molecule has 0 radical (unpaired) electrons. The molecule has 0 bridgehead atoms. The summed E-state index contributed by atoms with van der Waals surface area (Å²) in [5.41, 5.74) is 0.852. The fraction of sp³-hybridized carbons (Fsp3) is 0. The van der Waals surface area contributed by atoms with Gasteiger partial charge in [0.15, 0.2) is 0 Å². The van der Waals surface area contributed by atoms with Crippen molar-refractivity contribution in [1.82, 2.24) is 0 Å². The molecule has 0 saturated heterocycles. The molecule has 0 aliphatic carbocycles. The standard InChI is InChI=1S/C19H11NO3/c21-17-14-9-3-4-10-15(14)18(22)20(19(17)23)16-11-5-7-12-6-1-2-8-13(12)16/h1-11H. The van der Waals surface area contributed by atoms with E-state index in [-0.39, 0.29) is 11.1 Å². The van der Waals surface area contributed by atoms with Crippen molar-refractivity contribution >= 4 is 34.1 Å². The minimum atomic E-state index is -0.815. The number of hydrogen-bond acceptors (Lipinski definition) is 3. The summed E-state index contributed by atoms with van der Waals surface area (Å²) < 4.78 is 0. The Labute approximate surface area is 132 Å². The summed E-state index contributed by atoms with van der Waals surface area (Å²) in [5, 5.41) is 1.65. The Bertz CT molecular complexity index is 985. The maximum Gasteiger partial charge on any atom is 0.306 e. The average Bonchev–Trinajstić information content (AvgIpc) is 2.60. The molecule has 1 heterocycles. The first-order valence-corrected chi connectivity index (χ1v) is 7.18. The van der Waals surface area contributed by atoms with Crippen LogP contribution in [0.25, 0.3) is 10.8 Å². The van der Waals surface area contributed by atoms with E-state index in [9.17, 15) is 14.4 Å². The predicted molar refractivity (Wildman–Crippen MR) is 86.5 cm³/mol. The van der Waals surface area contributed by atoms with E-state index in [1.54, 1.807) is 30.3 Å². The van der Waals surface area contributed by atoms with Gasteiger partial charge in [0.2, 0.25) is 0 Å². The Balaban J connectivity index is 1.97. The van der Waals surface area contributed by atoms with Crippen molar-refractivity contribution in [3.8, 4) is 0 Å². The number of imide groups is 1. The number of benzene rings is 3. The van der Waals surface area contributed by atoms with Gasteiger partial charge in [0.25, 0.3) is 11.7 Å². The molecule has 0 unspecified atom stereocenters. The fourth-order valence-corrected chi connectivity index (χ4v) is 2.92. The summed E-state index contributed by atoms with van der Waals surface area (Å²) in [5.74, 6) is -1.94. The second-order valence-corrected chi connectivity index (χ2v) is 5.32. The summed E-state index contributed by atoms with van der Waals surface area (Å²) in [6.07, 6.45) is 0. The number of carbonyl (C=O) groups is 3. The topological polar surface area (TPSA) is 54.5 Å². The molecule has 0 N–H and O–H groups in total. The molecule has 1 aliphatic rings. The molecular formula is C19H11NO3. The van der Waals surface area contributed by atoms with E-state index in [0.29, 0.717) is 5.69 Å². The lowest BCUT2D eigenvalue weighted by molar-refractivity contribution is -0.114. The Morgan fingerprint density at radius 2 is 1.26 bits per heavy atom. The second-order valence-electron chi connectivity index (χ2n) is 5.32. The lowest BCUT2D eigenvalue weighted by atomic mass is 9.96. The Morgan fingerprint density at radius 3 is 2.09 bits per heavy atom. The van der Waals surface area contributed by atoms with E-state index in [1.165, 1.54) is 6.07 Å². The highest BCUT2D eigenvalue weighted by atomic mass is 16.2. The molecule has 0 atom stereocenters. The van der Waals surface area contributed by atoms with Crippen LogP contribution >= 0.6 is 0 Å². The van der Waals surface area contributed by atoms with Gasteiger partial charge in [0.05, 0.1) is 11.3 Å². The fourth-order valence-electron chi connectivity index (χ4n) is 2.92. The maximum absolute atomic E-state index is 12.8. The molecule has 2 amide bonds. The zero-order valence-corrected chi connectivity index (χ0v) is 12.0. The number of fused-ring (bicyclic) bond motifs is 2. The van der Waals surface area contributed by atoms with Crippen LogP contribution in [0.1, 0.15) is 20.7 Å². The van der Waals surface area contributed by atoms with Crippen LogP contribution in [0.5, 0.6) is 0 Å². The van der Waals surface area contributed by atoms with Gasteiger partial charge in [0, 0.05) is 10.9 Å². The largest absolute Gasteiger partial charge is 0.306 e. The van der Waals surface area contributed by atoms with E-state index < -0.39 is 17.6 Å². The molecule has 3 aromatic rings. The number of hydrogen-bond donors (Lipinski definition) is 0. The molecule has 0 saturated carbocycles. The normalized spacial score (nSPS) is 14.3. The monoisotopic (exact) mass is 301 g/mol. The third-order valence-electron chi connectivity index (χ3n) is 4.01. The Morgan fingerprint density at radius 1 is 0.609 bits per heavy atom. The molecule has 0 aromatic heterocycles. The van der Waals surface area contributed by atoms with Crippen LogP contribution in [0.4, 0.5) is 5.69 Å². The molecule has 0 fully saturated rings. The van der Waals surface area contributed by atoms with Gasteiger partial charge in [-0.2, -0.15) is 0 Å². The van der Waals surface area contributed by atoms with Gasteiger partial charge in [-0.05, 0) is 17.5 Å². The SMILES string of the molecule is O=C1C(=O)N(c2cccc3ccccc23)C(=O)c2ccccc21. The third kappa shape index (κ3) is 1.89. The maximum atomic E-state index is 12.8. The molecule has 4 nitrogen and oxygen atoms in total. The van der Waals surface area contributed by atoms with Crippen LogP contribution in [-0.4, -0.2) is 17.6 Å². The lowest BCUT2D eigenvalue weighted by Gasteiger charge is -2.26.